The molecular formula is C26H20O4P2. The van der Waals surface area contributed by atoms with Gasteiger partial charge in [0, 0.05) is 0 Å². The summed E-state index contributed by atoms with van der Waals surface area (Å²) in [5.74, 6) is 0.616. The van der Waals surface area contributed by atoms with Gasteiger partial charge < -0.3 is 9.05 Å². The molecule has 5 aromatic carbocycles. The monoisotopic (exact) mass is 458 g/mol. The highest BCUT2D eigenvalue weighted by molar-refractivity contribution is 7.50. The predicted molar refractivity (Wildman–Crippen MR) is 133 cm³/mol. The third-order valence-corrected chi connectivity index (χ3v) is 7.84. The van der Waals surface area contributed by atoms with Gasteiger partial charge in [0.2, 0.25) is 0 Å². The van der Waals surface area contributed by atoms with E-state index >= 15 is 0 Å². The molecule has 0 fully saturated rings. The van der Waals surface area contributed by atoms with E-state index in [1.54, 1.807) is 24.3 Å². The third kappa shape index (κ3) is 4.08. The molecule has 158 valence electrons. The quantitative estimate of drug-likeness (QED) is 0.278. The molecule has 32 heavy (non-hydrogen) atoms. The van der Waals surface area contributed by atoms with Gasteiger partial charge in [0.15, 0.2) is 11.5 Å². The van der Waals surface area contributed by atoms with E-state index in [0.29, 0.717) is 22.1 Å². The zero-order valence-electron chi connectivity index (χ0n) is 17.0. The molecule has 2 unspecified atom stereocenters. The maximum absolute atomic E-state index is 13.1. The minimum atomic E-state index is -2.62. The Morgan fingerprint density at radius 1 is 0.438 bits per heavy atom. The molecule has 5 rings (SSSR count). The van der Waals surface area contributed by atoms with Gasteiger partial charge in [-0.05, 0) is 45.8 Å². The Kier molecular flexibility index (Phi) is 5.81. The van der Waals surface area contributed by atoms with Gasteiger partial charge in [-0.15, -0.1) is 0 Å². The molecule has 2 atom stereocenters. The van der Waals surface area contributed by atoms with Gasteiger partial charge in [-0.3, -0.25) is 9.13 Å². The van der Waals surface area contributed by atoms with Crippen LogP contribution in [0.15, 0.2) is 109 Å². The third-order valence-electron chi connectivity index (χ3n) is 5.27. The molecule has 0 N–H and O–H groups in total. The van der Waals surface area contributed by atoms with Crippen LogP contribution < -0.4 is 19.7 Å². The van der Waals surface area contributed by atoms with E-state index in [9.17, 15) is 9.13 Å². The molecule has 0 spiro atoms. The number of hydrogen-bond acceptors (Lipinski definition) is 4. The highest BCUT2D eigenvalue weighted by Gasteiger charge is 2.16. The minimum Gasteiger partial charge on any atom is -0.438 e. The molecule has 0 aromatic heterocycles. The first kappa shape index (κ1) is 20.6. The zero-order chi connectivity index (χ0) is 21.9. The van der Waals surface area contributed by atoms with Crippen molar-refractivity contribution >= 4 is 48.2 Å². The molecule has 0 heterocycles. The lowest BCUT2D eigenvalue weighted by atomic mass is 10.1. The van der Waals surface area contributed by atoms with Crippen molar-refractivity contribution in [2.24, 2.45) is 0 Å². The number of hydrogen-bond donors (Lipinski definition) is 0. The molecule has 0 saturated heterocycles. The molecule has 0 amide bonds. The molecule has 4 nitrogen and oxygen atoms in total. The second kappa shape index (κ2) is 9.04. The van der Waals surface area contributed by atoms with E-state index in [2.05, 4.69) is 0 Å². The lowest BCUT2D eigenvalue weighted by Crippen LogP contribution is -2.04. The summed E-state index contributed by atoms with van der Waals surface area (Å²) in [7, 11) is -5.24. The van der Waals surface area contributed by atoms with Gasteiger partial charge in [-0.25, -0.2) is 0 Å². The summed E-state index contributed by atoms with van der Waals surface area (Å²) < 4.78 is 38.0. The van der Waals surface area contributed by atoms with E-state index in [-0.39, 0.29) is 0 Å². The van der Waals surface area contributed by atoms with Crippen molar-refractivity contribution in [3.8, 4) is 11.5 Å². The summed E-state index contributed by atoms with van der Waals surface area (Å²) in [4.78, 5) is 0. The van der Waals surface area contributed by atoms with Crippen LogP contribution in [0.1, 0.15) is 0 Å². The molecule has 0 bridgehead atoms. The van der Waals surface area contributed by atoms with Crippen LogP contribution in [0.5, 0.6) is 11.5 Å². The lowest BCUT2D eigenvalue weighted by Gasteiger charge is -2.14. The molecule has 0 aliphatic heterocycles. The number of fused-ring (bicyclic) bond motifs is 2. The van der Waals surface area contributed by atoms with Gasteiger partial charge in [0.1, 0.15) is 0 Å². The summed E-state index contributed by atoms with van der Waals surface area (Å²) in [6.07, 6.45) is 0. The number of benzene rings is 5. The van der Waals surface area contributed by atoms with E-state index in [0.717, 1.165) is 21.5 Å². The molecular weight excluding hydrogens is 438 g/mol. The summed E-state index contributed by atoms with van der Waals surface area (Å²) in [6, 6.07) is 33.7. The first-order chi connectivity index (χ1) is 15.7. The summed E-state index contributed by atoms with van der Waals surface area (Å²) in [5, 5.41) is 5.06. The molecule has 0 saturated carbocycles. The molecule has 5 aromatic rings. The van der Waals surface area contributed by atoms with Crippen molar-refractivity contribution in [1.29, 1.82) is 0 Å². The van der Waals surface area contributed by atoms with Crippen molar-refractivity contribution in [2.45, 2.75) is 0 Å². The summed E-state index contributed by atoms with van der Waals surface area (Å²) in [6.45, 7) is 0. The Hall–Kier alpha value is -3.32. The summed E-state index contributed by atoms with van der Waals surface area (Å²) >= 11 is 0. The van der Waals surface area contributed by atoms with Crippen LogP contribution in [0.25, 0.3) is 21.5 Å². The minimum absolute atomic E-state index is 0.308. The lowest BCUT2D eigenvalue weighted by molar-refractivity contribution is 0.478. The number of para-hydroxylation sites is 2. The maximum Gasteiger partial charge on any atom is 0.266 e. The van der Waals surface area contributed by atoms with E-state index in [1.165, 1.54) is 0 Å². The Bertz CT molecular complexity index is 1360. The fraction of sp³-hybridized carbons (Fsp3) is 0. The van der Waals surface area contributed by atoms with Gasteiger partial charge in [-0.1, -0.05) is 84.9 Å². The molecule has 0 aliphatic rings. The summed E-state index contributed by atoms with van der Waals surface area (Å²) in [5.41, 5.74) is 0. The largest absolute Gasteiger partial charge is 0.438 e. The van der Waals surface area contributed by atoms with Crippen LogP contribution in [0.2, 0.25) is 0 Å². The Morgan fingerprint density at radius 3 is 1.28 bits per heavy atom. The average Bonchev–Trinajstić information content (AvgIpc) is 2.84. The van der Waals surface area contributed by atoms with Crippen molar-refractivity contribution in [1.82, 2.24) is 0 Å². The highest BCUT2D eigenvalue weighted by Crippen LogP contribution is 2.40. The van der Waals surface area contributed by atoms with Crippen LogP contribution in [-0.2, 0) is 9.13 Å². The maximum atomic E-state index is 13.1. The molecule has 0 aliphatic carbocycles. The van der Waals surface area contributed by atoms with Gasteiger partial charge in [0.25, 0.3) is 16.1 Å². The second-order valence-corrected chi connectivity index (χ2v) is 9.91. The van der Waals surface area contributed by atoms with E-state index in [1.807, 2.05) is 84.9 Å². The molecule has 6 heteroatoms. The fourth-order valence-corrected chi connectivity index (χ4v) is 6.05. The number of rotatable bonds is 6. The van der Waals surface area contributed by atoms with E-state index in [4.69, 9.17) is 9.05 Å². The first-order valence-corrected chi connectivity index (χ1v) is 12.8. The zero-order valence-corrected chi connectivity index (χ0v) is 19.0. The van der Waals surface area contributed by atoms with Crippen LogP contribution in [-0.4, -0.2) is 0 Å². The topological polar surface area (TPSA) is 52.6 Å². The second-order valence-electron chi connectivity index (χ2n) is 7.28. The van der Waals surface area contributed by atoms with Crippen LogP contribution in [0.3, 0.4) is 0 Å². The van der Waals surface area contributed by atoms with E-state index < -0.39 is 16.1 Å². The van der Waals surface area contributed by atoms with Crippen molar-refractivity contribution < 1.29 is 18.2 Å². The Labute approximate surface area is 187 Å². The first-order valence-electron chi connectivity index (χ1n) is 10.2. The van der Waals surface area contributed by atoms with Crippen molar-refractivity contribution in [2.75, 3.05) is 0 Å². The van der Waals surface area contributed by atoms with Crippen LogP contribution >= 0.6 is 16.1 Å². The van der Waals surface area contributed by atoms with Gasteiger partial charge in [0.05, 0.1) is 10.6 Å². The predicted octanol–water partition coefficient (Wildman–Crippen LogP) is 6.35. The average molecular weight is 458 g/mol. The normalized spacial score (nSPS) is 13.0. The molecule has 0 radical (unpaired) electrons. The highest BCUT2D eigenvalue weighted by atomic mass is 31.1. The Morgan fingerprint density at radius 2 is 0.812 bits per heavy atom. The van der Waals surface area contributed by atoms with Crippen molar-refractivity contribution in [3.63, 3.8) is 0 Å². The smallest absolute Gasteiger partial charge is 0.266 e. The van der Waals surface area contributed by atoms with Gasteiger partial charge >= 0.3 is 0 Å². The standard InChI is InChI=1S/C26H20O4P2/c27-31(25-17-7-11-19-9-1-3-13-21(19)25)29-23-15-5-6-16-24(23)30-32(28)26-18-8-12-20-10-2-4-14-22(20)26/h1-18,31-32H. The fourth-order valence-electron chi connectivity index (χ4n) is 3.74. The van der Waals surface area contributed by atoms with Gasteiger partial charge in [-0.2, -0.15) is 0 Å². The Balaban J connectivity index is 1.44. The van der Waals surface area contributed by atoms with Crippen LogP contribution in [0, 0.1) is 0 Å². The van der Waals surface area contributed by atoms with Crippen LogP contribution in [0.4, 0.5) is 0 Å². The van der Waals surface area contributed by atoms with Crippen molar-refractivity contribution in [3.05, 3.63) is 109 Å². The SMILES string of the molecule is O=[PH](Oc1ccccc1O[PH](=O)c1cccc2ccccc12)c1cccc2ccccc12.